The van der Waals surface area contributed by atoms with E-state index < -0.39 is 0 Å². The number of nitrogens with one attached hydrogen (secondary N) is 1. The van der Waals surface area contributed by atoms with Crippen LogP contribution in [0.1, 0.15) is 16.3 Å². The van der Waals surface area contributed by atoms with Gasteiger partial charge in [-0.2, -0.15) is 0 Å². The summed E-state index contributed by atoms with van der Waals surface area (Å²) in [4.78, 5) is 41.6. The second-order valence-corrected chi connectivity index (χ2v) is 6.67. The number of anilines is 1. The predicted molar refractivity (Wildman–Crippen MR) is 98.6 cm³/mol. The lowest BCUT2D eigenvalue weighted by molar-refractivity contribution is -0.133. The van der Waals surface area contributed by atoms with Gasteiger partial charge in [0.1, 0.15) is 5.76 Å². The summed E-state index contributed by atoms with van der Waals surface area (Å²) in [7, 11) is 1.56. The molecule has 28 heavy (non-hydrogen) atoms. The smallest absolute Gasteiger partial charge is 0.289 e. The molecule has 10 nitrogen and oxygen atoms in total. The fourth-order valence-electron chi connectivity index (χ4n) is 2.93. The molecule has 1 fully saturated rings. The molecule has 0 atom stereocenters. The number of carbonyl (C=O) groups is 3. The van der Waals surface area contributed by atoms with E-state index in [1.165, 1.54) is 11.2 Å². The maximum absolute atomic E-state index is 12.4. The van der Waals surface area contributed by atoms with Gasteiger partial charge in [-0.3, -0.25) is 19.3 Å². The Morgan fingerprint density at radius 2 is 2.00 bits per heavy atom. The average Bonchev–Trinajstić information content (AvgIpc) is 3.33. The van der Waals surface area contributed by atoms with Crippen molar-refractivity contribution in [3.8, 4) is 0 Å². The molecule has 0 unspecified atom stereocenters. The van der Waals surface area contributed by atoms with E-state index in [2.05, 4.69) is 10.5 Å². The number of likely N-dealkylation sites (N-methyl/N-ethyl adjacent to an activating group) is 1. The summed E-state index contributed by atoms with van der Waals surface area (Å²) in [5.74, 6) is 0.560. The summed E-state index contributed by atoms with van der Waals surface area (Å²) in [6, 6.07) is 4.84. The van der Waals surface area contributed by atoms with Gasteiger partial charge in [-0.05, 0) is 19.1 Å². The Bertz CT molecular complexity index is 823. The van der Waals surface area contributed by atoms with Gasteiger partial charge in [0.25, 0.3) is 5.91 Å². The molecular formula is C18H23N5O5. The van der Waals surface area contributed by atoms with Crippen LogP contribution in [0.3, 0.4) is 0 Å². The van der Waals surface area contributed by atoms with Gasteiger partial charge in [0, 0.05) is 39.3 Å². The fourth-order valence-corrected chi connectivity index (χ4v) is 2.93. The molecule has 1 saturated heterocycles. The Kier molecular flexibility index (Phi) is 6.09. The van der Waals surface area contributed by atoms with Crippen LogP contribution in [-0.2, 0) is 9.59 Å². The lowest BCUT2D eigenvalue weighted by Crippen LogP contribution is -2.52. The molecule has 10 heteroatoms. The number of rotatable bonds is 6. The lowest BCUT2D eigenvalue weighted by Gasteiger charge is -2.35. The number of carbonyl (C=O) groups excluding carboxylic acids is 3. The second kappa shape index (κ2) is 8.70. The number of hydrogen-bond acceptors (Lipinski definition) is 7. The van der Waals surface area contributed by atoms with Gasteiger partial charge in [-0.25, -0.2) is 0 Å². The molecule has 0 saturated carbocycles. The van der Waals surface area contributed by atoms with Gasteiger partial charge in [0.15, 0.2) is 11.6 Å². The molecule has 0 radical (unpaired) electrons. The molecule has 2 aromatic heterocycles. The standard InChI is InChI=1S/C18H23N5O5/c1-13-10-15(20-28-13)19-16(24)11-22-5-7-23(8-6-22)17(25)12-21(2)18(26)14-4-3-9-27-14/h3-4,9-10H,5-8,11-12H2,1-2H3,(H,19,20,24). The number of hydrogen-bond donors (Lipinski definition) is 1. The third-order valence-electron chi connectivity index (χ3n) is 4.44. The number of aromatic nitrogens is 1. The topological polar surface area (TPSA) is 112 Å². The van der Waals surface area contributed by atoms with Crippen LogP contribution >= 0.6 is 0 Å². The lowest BCUT2D eigenvalue weighted by atomic mass is 10.3. The van der Waals surface area contributed by atoms with Crippen molar-refractivity contribution in [3.05, 3.63) is 36.0 Å². The molecule has 0 bridgehead atoms. The van der Waals surface area contributed by atoms with Crippen LogP contribution in [0.4, 0.5) is 5.82 Å². The van der Waals surface area contributed by atoms with Crippen molar-refractivity contribution in [3.63, 3.8) is 0 Å². The number of nitrogens with zero attached hydrogens (tertiary/aromatic N) is 4. The van der Waals surface area contributed by atoms with E-state index in [-0.39, 0.29) is 36.6 Å². The van der Waals surface area contributed by atoms with Gasteiger partial charge in [0.2, 0.25) is 11.8 Å². The average molecular weight is 389 g/mol. The van der Waals surface area contributed by atoms with E-state index in [0.29, 0.717) is 37.8 Å². The zero-order valence-electron chi connectivity index (χ0n) is 15.9. The quantitative estimate of drug-likeness (QED) is 0.762. The van der Waals surface area contributed by atoms with Gasteiger partial charge >= 0.3 is 0 Å². The van der Waals surface area contributed by atoms with Crippen LogP contribution in [0, 0.1) is 6.92 Å². The van der Waals surface area contributed by atoms with E-state index >= 15 is 0 Å². The molecule has 0 spiro atoms. The molecule has 150 valence electrons. The van der Waals surface area contributed by atoms with E-state index in [9.17, 15) is 14.4 Å². The van der Waals surface area contributed by atoms with Crippen molar-refractivity contribution >= 4 is 23.5 Å². The minimum absolute atomic E-state index is 0.0223. The van der Waals surface area contributed by atoms with Crippen LogP contribution in [0.2, 0.25) is 0 Å². The third-order valence-corrected chi connectivity index (χ3v) is 4.44. The molecule has 2 aromatic rings. The predicted octanol–water partition coefficient (Wildman–Crippen LogP) is 0.431. The number of piperazine rings is 1. The van der Waals surface area contributed by atoms with Crippen molar-refractivity contribution in [2.24, 2.45) is 0 Å². The minimum atomic E-state index is -0.336. The Hall–Kier alpha value is -3.14. The van der Waals surface area contributed by atoms with Gasteiger partial charge in [-0.15, -0.1) is 0 Å². The monoisotopic (exact) mass is 389 g/mol. The maximum atomic E-state index is 12.4. The highest BCUT2D eigenvalue weighted by Crippen LogP contribution is 2.09. The number of aryl methyl sites for hydroxylation is 1. The molecule has 3 amide bonds. The molecule has 1 aliphatic heterocycles. The zero-order valence-corrected chi connectivity index (χ0v) is 15.9. The van der Waals surface area contributed by atoms with E-state index in [1.54, 1.807) is 37.1 Å². The minimum Gasteiger partial charge on any atom is -0.459 e. The normalized spacial score (nSPS) is 14.7. The molecule has 1 N–H and O–H groups in total. The summed E-state index contributed by atoms with van der Waals surface area (Å²) in [6.07, 6.45) is 1.42. The SMILES string of the molecule is Cc1cc(NC(=O)CN2CCN(C(=O)CN(C)C(=O)c3ccco3)CC2)no1. The largest absolute Gasteiger partial charge is 0.459 e. The van der Waals surface area contributed by atoms with Crippen LogP contribution in [0.25, 0.3) is 0 Å². The highest BCUT2D eigenvalue weighted by molar-refractivity contribution is 5.94. The summed E-state index contributed by atoms with van der Waals surface area (Å²) < 4.78 is 9.98. The maximum Gasteiger partial charge on any atom is 0.289 e. The third kappa shape index (κ3) is 4.97. The second-order valence-electron chi connectivity index (χ2n) is 6.67. The molecule has 1 aliphatic rings. The Morgan fingerprint density at radius 1 is 1.25 bits per heavy atom. The van der Waals surface area contributed by atoms with E-state index in [0.717, 1.165) is 0 Å². The summed E-state index contributed by atoms with van der Waals surface area (Å²) in [6.45, 7) is 4.09. The molecular weight excluding hydrogens is 366 g/mol. The summed E-state index contributed by atoms with van der Waals surface area (Å²) >= 11 is 0. The molecule has 3 rings (SSSR count). The van der Waals surface area contributed by atoms with Crippen molar-refractivity contribution in [1.82, 2.24) is 19.9 Å². The van der Waals surface area contributed by atoms with Crippen LogP contribution in [-0.4, -0.2) is 83.9 Å². The van der Waals surface area contributed by atoms with Crippen molar-refractivity contribution in [2.45, 2.75) is 6.92 Å². The van der Waals surface area contributed by atoms with Crippen LogP contribution in [0.5, 0.6) is 0 Å². The van der Waals surface area contributed by atoms with Crippen molar-refractivity contribution in [2.75, 3.05) is 51.6 Å². The first kappa shape index (κ1) is 19.6. The molecule has 3 heterocycles. The van der Waals surface area contributed by atoms with Crippen molar-refractivity contribution < 1.29 is 23.3 Å². The highest BCUT2D eigenvalue weighted by atomic mass is 16.5. The van der Waals surface area contributed by atoms with Gasteiger partial charge < -0.3 is 24.1 Å². The van der Waals surface area contributed by atoms with Crippen molar-refractivity contribution in [1.29, 1.82) is 0 Å². The van der Waals surface area contributed by atoms with E-state index in [4.69, 9.17) is 8.94 Å². The summed E-state index contributed by atoms with van der Waals surface area (Å²) in [5.41, 5.74) is 0. The zero-order chi connectivity index (χ0) is 20.1. The number of amides is 3. The number of furan rings is 1. The highest BCUT2D eigenvalue weighted by Gasteiger charge is 2.25. The van der Waals surface area contributed by atoms with Crippen LogP contribution in [0.15, 0.2) is 33.4 Å². The Labute approximate surface area is 162 Å². The first-order chi connectivity index (χ1) is 13.4. The first-order valence-corrected chi connectivity index (χ1v) is 8.94. The Balaban J connectivity index is 1.41. The summed E-state index contributed by atoms with van der Waals surface area (Å²) in [5, 5.41) is 6.40. The fraction of sp³-hybridized carbons (Fsp3) is 0.444. The van der Waals surface area contributed by atoms with Gasteiger partial charge in [0.05, 0.1) is 19.4 Å². The molecule has 0 aliphatic carbocycles. The van der Waals surface area contributed by atoms with E-state index in [1.807, 2.05) is 4.90 Å². The van der Waals surface area contributed by atoms with Gasteiger partial charge in [-0.1, -0.05) is 5.16 Å². The van der Waals surface area contributed by atoms with Crippen LogP contribution < -0.4 is 5.32 Å². The molecule has 0 aromatic carbocycles. The first-order valence-electron chi connectivity index (χ1n) is 8.94. The Morgan fingerprint density at radius 3 is 2.61 bits per heavy atom.